The summed E-state index contributed by atoms with van der Waals surface area (Å²) in [5.41, 5.74) is 1.99. The highest BCUT2D eigenvalue weighted by molar-refractivity contribution is 5.97. The highest BCUT2D eigenvalue weighted by Crippen LogP contribution is 2.17. The number of aryl methyl sites for hydroxylation is 1. The normalized spacial score (nSPS) is 19.9. The number of Topliss-reactive ketones (excluding diaryl/α,β-unsaturated/α-hetero) is 1. The Labute approximate surface area is 97.1 Å². The van der Waals surface area contributed by atoms with Gasteiger partial charge in [0, 0.05) is 12.0 Å². The third kappa shape index (κ3) is 2.70. The third-order valence-corrected chi connectivity index (χ3v) is 3.39. The van der Waals surface area contributed by atoms with Gasteiger partial charge in [0.2, 0.25) is 0 Å². The predicted molar refractivity (Wildman–Crippen MR) is 65.7 cm³/mol. The van der Waals surface area contributed by atoms with Crippen molar-refractivity contribution in [1.82, 2.24) is 5.32 Å². The Kier molecular flexibility index (Phi) is 3.73. The van der Waals surface area contributed by atoms with Crippen molar-refractivity contribution in [3.05, 3.63) is 35.4 Å². The molecule has 86 valence electrons. The topological polar surface area (TPSA) is 29.1 Å². The lowest BCUT2D eigenvalue weighted by atomic mass is 9.96. The lowest BCUT2D eigenvalue weighted by molar-refractivity contribution is 0.0974. The average Bonchev–Trinajstić information content (AvgIpc) is 2.79. The first-order valence-electron chi connectivity index (χ1n) is 6.07. The Morgan fingerprint density at radius 3 is 2.94 bits per heavy atom. The van der Waals surface area contributed by atoms with Crippen molar-refractivity contribution >= 4 is 5.78 Å². The van der Waals surface area contributed by atoms with E-state index in [0.29, 0.717) is 18.1 Å². The van der Waals surface area contributed by atoms with Gasteiger partial charge in [-0.1, -0.05) is 24.3 Å². The molecule has 2 nitrogen and oxygen atoms in total. The first-order chi connectivity index (χ1) is 7.77. The van der Waals surface area contributed by atoms with Crippen LogP contribution in [0.4, 0.5) is 0 Å². The zero-order valence-corrected chi connectivity index (χ0v) is 9.83. The smallest absolute Gasteiger partial charge is 0.163 e. The lowest BCUT2D eigenvalue weighted by Crippen LogP contribution is -2.10. The Morgan fingerprint density at radius 1 is 1.44 bits per heavy atom. The van der Waals surface area contributed by atoms with Gasteiger partial charge in [-0.3, -0.25) is 4.79 Å². The fraction of sp³-hybridized carbons (Fsp3) is 0.500. The predicted octanol–water partition coefficient (Wildman–Crippen LogP) is 2.57. The molecule has 1 aromatic carbocycles. The van der Waals surface area contributed by atoms with Crippen molar-refractivity contribution in [3.63, 3.8) is 0 Å². The highest BCUT2D eigenvalue weighted by Gasteiger charge is 2.16. The van der Waals surface area contributed by atoms with E-state index in [2.05, 4.69) is 5.32 Å². The van der Waals surface area contributed by atoms with Gasteiger partial charge < -0.3 is 5.32 Å². The van der Waals surface area contributed by atoms with E-state index in [9.17, 15) is 4.79 Å². The summed E-state index contributed by atoms with van der Waals surface area (Å²) in [6.45, 7) is 4.20. The molecule has 1 saturated heterocycles. The molecule has 0 bridgehead atoms. The number of carbonyl (C=O) groups excluding carboxylic acids is 1. The van der Waals surface area contributed by atoms with E-state index in [1.165, 1.54) is 6.42 Å². The van der Waals surface area contributed by atoms with Gasteiger partial charge in [0.05, 0.1) is 0 Å². The van der Waals surface area contributed by atoms with Gasteiger partial charge in [-0.2, -0.15) is 0 Å². The summed E-state index contributed by atoms with van der Waals surface area (Å²) in [6, 6.07) is 7.86. The number of benzene rings is 1. The molecule has 1 N–H and O–H groups in total. The summed E-state index contributed by atoms with van der Waals surface area (Å²) in [7, 11) is 0. The molecule has 0 spiro atoms. The van der Waals surface area contributed by atoms with Crippen molar-refractivity contribution < 1.29 is 4.79 Å². The van der Waals surface area contributed by atoms with Crippen LogP contribution in [0.25, 0.3) is 0 Å². The van der Waals surface area contributed by atoms with Crippen LogP contribution in [0.15, 0.2) is 24.3 Å². The summed E-state index contributed by atoms with van der Waals surface area (Å²) in [6.07, 6.45) is 2.94. The summed E-state index contributed by atoms with van der Waals surface area (Å²) in [5.74, 6) is 0.998. The van der Waals surface area contributed by atoms with Gasteiger partial charge in [0.15, 0.2) is 5.78 Å². The Balaban J connectivity index is 1.90. The Bertz CT molecular complexity index is 367. The zero-order chi connectivity index (χ0) is 11.4. The van der Waals surface area contributed by atoms with E-state index < -0.39 is 0 Å². The lowest BCUT2D eigenvalue weighted by Gasteiger charge is -2.08. The number of carbonyl (C=O) groups is 1. The van der Waals surface area contributed by atoms with Gasteiger partial charge in [0.25, 0.3) is 0 Å². The molecular formula is C14H19NO. The number of nitrogens with one attached hydrogen (secondary N) is 1. The number of rotatable bonds is 4. The molecule has 1 fully saturated rings. The standard InChI is InChI=1S/C14H19NO/c1-11-4-2-3-5-13(11)14(16)7-6-12-8-9-15-10-12/h2-5,12,15H,6-10H2,1H3. The molecule has 1 unspecified atom stereocenters. The van der Waals surface area contributed by atoms with E-state index in [-0.39, 0.29) is 0 Å². The van der Waals surface area contributed by atoms with E-state index >= 15 is 0 Å². The highest BCUT2D eigenvalue weighted by atomic mass is 16.1. The number of ketones is 1. The maximum atomic E-state index is 12.0. The van der Waals surface area contributed by atoms with Crippen LogP contribution in [0.3, 0.4) is 0 Å². The van der Waals surface area contributed by atoms with E-state index in [1.807, 2.05) is 31.2 Å². The second-order valence-corrected chi connectivity index (χ2v) is 4.64. The van der Waals surface area contributed by atoms with Gasteiger partial charge in [0.1, 0.15) is 0 Å². The first kappa shape index (κ1) is 11.3. The zero-order valence-electron chi connectivity index (χ0n) is 9.83. The second-order valence-electron chi connectivity index (χ2n) is 4.64. The summed E-state index contributed by atoms with van der Waals surface area (Å²) < 4.78 is 0. The summed E-state index contributed by atoms with van der Waals surface area (Å²) in [4.78, 5) is 12.0. The quantitative estimate of drug-likeness (QED) is 0.785. The monoisotopic (exact) mass is 217 g/mol. The molecule has 16 heavy (non-hydrogen) atoms. The van der Waals surface area contributed by atoms with Crippen molar-refractivity contribution in [1.29, 1.82) is 0 Å². The molecule has 0 amide bonds. The second kappa shape index (κ2) is 5.26. The van der Waals surface area contributed by atoms with Crippen molar-refractivity contribution in [2.75, 3.05) is 13.1 Å². The van der Waals surface area contributed by atoms with E-state index in [1.54, 1.807) is 0 Å². The largest absolute Gasteiger partial charge is 0.316 e. The fourth-order valence-corrected chi connectivity index (χ4v) is 2.32. The maximum absolute atomic E-state index is 12.0. The Morgan fingerprint density at radius 2 is 2.25 bits per heavy atom. The SMILES string of the molecule is Cc1ccccc1C(=O)CCC1CCNC1. The van der Waals surface area contributed by atoms with Gasteiger partial charge >= 0.3 is 0 Å². The molecule has 0 aromatic heterocycles. The molecule has 0 saturated carbocycles. The van der Waals surface area contributed by atoms with Crippen LogP contribution in [0, 0.1) is 12.8 Å². The minimum absolute atomic E-state index is 0.296. The molecule has 0 radical (unpaired) electrons. The fourth-order valence-electron chi connectivity index (χ4n) is 2.32. The molecule has 1 aliphatic heterocycles. The van der Waals surface area contributed by atoms with E-state index in [4.69, 9.17) is 0 Å². The van der Waals surface area contributed by atoms with Crippen molar-refractivity contribution in [2.24, 2.45) is 5.92 Å². The van der Waals surface area contributed by atoms with Crippen molar-refractivity contribution in [2.45, 2.75) is 26.2 Å². The van der Waals surface area contributed by atoms with Crippen LogP contribution in [0.5, 0.6) is 0 Å². The summed E-state index contributed by atoms with van der Waals surface area (Å²) >= 11 is 0. The maximum Gasteiger partial charge on any atom is 0.163 e. The number of hydrogen-bond donors (Lipinski definition) is 1. The minimum atomic E-state index is 0.296. The average molecular weight is 217 g/mol. The van der Waals surface area contributed by atoms with Crippen LogP contribution in [-0.2, 0) is 0 Å². The van der Waals surface area contributed by atoms with Crippen LogP contribution < -0.4 is 5.32 Å². The van der Waals surface area contributed by atoms with Crippen LogP contribution in [-0.4, -0.2) is 18.9 Å². The van der Waals surface area contributed by atoms with Crippen LogP contribution in [0.2, 0.25) is 0 Å². The molecule has 1 aromatic rings. The molecule has 0 aliphatic carbocycles. The van der Waals surface area contributed by atoms with Gasteiger partial charge in [-0.15, -0.1) is 0 Å². The molecule has 2 rings (SSSR count). The molecular weight excluding hydrogens is 198 g/mol. The molecule has 1 heterocycles. The first-order valence-corrected chi connectivity index (χ1v) is 6.07. The van der Waals surface area contributed by atoms with Crippen LogP contribution in [0.1, 0.15) is 35.2 Å². The Hall–Kier alpha value is -1.15. The van der Waals surface area contributed by atoms with Crippen molar-refractivity contribution in [3.8, 4) is 0 Å². The summed E-state index contributed by atoms with van der Waals surface area (Å²) in [5, 5.41) is 3.34. The third-order valence-electron chi connectivity index (χ3n) is 3.39. The number of hydrogen-bond acceptors (Lipinski definition) is 2. The van der Waals surface area contributed by atoms with E-state index in [0.717, 1.165) is 30.6 Å². The minimum Gasteiger partial charge on any atom is -0.316 e. The van der Waals surface area contributed by atoms with Crippen LogP contribution >= 0.6 is 0 Å². The van der Waals surface area contributed by atoms with Gasteiger partial charge in [-0.25, -0.2) is 0 Å². The molecule has 1 atom stereocenters. The molecule has 2 heteroatoms. The molecule has 1 aliphatic rings. The van der Waals surface area contributed by atoms with Gasteiger partial charge in [-0.05, 0) is 44.3 Å².